The predicted octanol–water partition coefficient (Wildman–Crippen LogP) is 2.09. The number of aromatic nitrogens is 3. The van der Waals surface area contributed by atoms with Crippen molar-refractivity contribution in [3.05, 3.63) is 40.1 Å². The molecule has 0 saturated carbocycles. The van der Waals surface area contributed by atoms with E-state index in [-0.39, 0.29) is 5.92 Å². The van der Waals surface area contributed by atoms with Gasteiger partial charge in [0.1, 0.15) is 0 Å². The second-order valence-electron chi connectivity index (χ2n) is 4.98. The fourth-order valence-electron chi connectivity index (χ4n) is 2.21. The highest BCUT2D eigenvalue weighted by atomic mass is 35.5. The summed E-state index contributed by atoms with van der Waals surface area (Å²) in [5.41, 5.74) is 1.56. The fraction of sp³-hybridized carbons (Fsp3) is 0.308. The number of halogens is 2. The highest BCUT2D eigenvalue weighted by molar-refractivity contribution is 6.42. The van der Waals surface area contributed by atoms with Gasteiger partial charge in [-0.15, -0.1) is 5.10 Å². The van der Waals surface area contributed by atoms with E-state index in [9.17, 15) is 4.79 Å². The maximum atomic E-state index is 10.7. The first kappa shape index (κ1) is 14.3. The van der Waals surface area contributed by atoms with Gasteiger partial charge in [-0.3, -0.25) is 9.69 Å². The van der Waals surface area contributed by atoms with E-state index in [2.05, 4.69) is 10.3 Å². The topological polar surface area (TPSA) is 71.2 Å². The summed E-state index contributed by atoms with van der Waals surface area (Å²) in [4.78, 5) is 12.8. The van der Waals surface area contributed by atoms with Crippen LogP contribution in [0, 0.1) is 5.92 Å². The van der Waals surface area contributed by atoms with Crippen molar-refractivity contribution in [2.75, 3.05) is 13.1 Å². The van der Waals surface area contributed by atoms with Crippen LogP contribution in [0.3, 0.4) is 0 Å². The van der Waals surface area contributed by atoms with Crippen molar-refractivity contribution < 1.29 is 9.90 Å². The minimum Gasteiger partial charge on any atom is -0.481 e. The Bertz CT molecular complexity index is 683. The molecule has 110 valence electrons. The Morgan fingerprint density at radius 2 is 2.10 bits per heavy atom. The molecule has 0 spiro atoms. The van der Waals surface area contributed by atoms with E-state index >= 15 is 0 Å². The summed E-state index contributed by atoms with van der Waals surface area (Å²) in [6, 6.07) is 5.22. The molecule has 1 aromatic heterocycles. The number of hydrogen-bond acceptors (Lipinski definition) is 4. The summed E-state index contributed by atoms with van der Waals surface area (Å²) < 4.78 is 1.62. The van der Waals surface area contributed by atoms with Crippen molar-refractivity contribution in [2.24, 2.45) is 5.92 Å². The first-order valence-corrected chi connectivity index (χ1v) is 7.10. The van der Waals surface area contributed by atoms with Crippen LogP contribution in [0.5, 0.6) is 0 Å². The maximum Gasteiger partial charge on any atom is 0.309 e. The quantitative estimate of drug-likeness (QED) is 0.931. The predicted molar refractivity (Wildman–Crippen MR) is 77.8 cm³/mol. The third-order valence-corrected chi connectivity index (χ3v) is 4.14. The van der Waals surface area contributed by atoms with Crippen molar-refractivity contribution in [2.45, 2.75) is 6.54 Å². The molecule has 1 N–H and O–H groups in total. The number of carbonyl (C=O) groups is 1. The molecular weight excluding hydrogens is 315 g/mol. The van der Waals surface area contributed by atoms with Gasteiger partial charge in [0.05, 0.1) is 33.5 Å². The highest BCUT2D eigenvalue weighted by Crippen LogP contribution is 2.24. The lowest BCUT2D eigenvalue weighted by Crippen LogP contribution is -2.49. The second kappa shape index (κ2) is 5.63. The molecule has 0 aliphatic carbocycles. The minimum absolute atomic E-state index is 0.268. The monoisotopic (exact) mass is 326 g/mol. The van der Waals surface area contributed by atoms with Gasteiger partial charge in [-0.1, -0.05) is 28.4 Å². The Morgan fingerprint density at radius 1 is 1.33 bits per heavy atom. The lowest BCUT2D eigenvalue weighted by atomic mass is 10.0. The van der Waals surface area contributed by atoms with Crippen LogP contribution in [-0.4, -0.2) is 44.1 Å². The minimum atomic E-state index is -0.745. The Morgan fingerprint density at radius 3 is 2.76 bits per heavy atom. The van der Waals surface area contributed by atoms with Gasteiger partial charge >= 0.3 is 5.97 Å². The van der Waals surface area contributed by atoms with Crippen LogP contribution in [0.1, 0.15) is 5.69 Å². The number of benzene rings is 1. The smallest absolute Gasteiger partial charge is 0.309 e. The molecule has 1 saturated heterocycles. The van der Waals surface area contributed by atoms with Gasteiger partial charge < -0.3 is 5.11 Å². The first-order chi connectivity index (χ1) is 10.0. The number of rotatable bonds is 4. The van der Waals surface area contributed by atoms with Crippen molar-refractivity contribution in [1.29, 1.82) is 0 Å². The summed E-state index contributed by atoms with van der Waals surface area (Å²) in [5, 5.41) is 17.9. The van der Waals surface area contributed by atoms with Crippen molar-refractivity contribution in [3.8, 4) is 5.69 Å². The van der Waals surface area contributed by atoms with Crippen LogP contribution >= 0.6 is 23.2 Å². The SMILES string of the molecule is O=C(O)C1CN(Cc2cn(-c3ccc(Cl)c(Cl)c3)nn2)C1. The van der Waals surface area contributed by atoms with Crippen molar-refractivity contribution >= 4 is 29.2 Å². The molecule has 0 amide bonds. The lowest BCUT2D eigenvalue weighted by Gasteiger charge is -2.35. The number of hydrogen-bond donors (Lipinski definition) is 1. The van der Waals surface area contributed by atoms with E-state index in [0.717, 1.165) is 11.4 Å². The average Bonchev–Trinajstić information content (AvgIpc) is 2.84. The highest BCUT2D eigenvalue weighted by Gasteiger charge is 2.32. The number of carboxylic acid groups (broad SMARTS) is 1. The Labute approximate surface area is 130 Å². The largest absolute Gasteiger partial charge is 0.481 e. The molecule has 0 atom stereocenters. The third kappa shape index (κ3) is 3.02. The van der Waals surface area contributed by atoms with E-state index in [4.69, 9.17) is 28.3 Å². The molecule has 2 aromatic rings. The van der Waals surface area contributed by atoms with Gasteiger partial charge in [0.2, 0.25) is 0 Å². The summed E-state index contributed by atoms with van der Waals surface area (Å²) in [6.07, 6.45) is 1.80. The van der Waals surface area contributed by atoms with Crippen molar-refractivity contribution in [1.82, 2.24) is 19.9 Å². The number of nitrogens with zero attached hydrogens (tertiary/aromatic N) is 4. The number of carboxylic acids is 1. The zero-order valence-electron chi connectivity index (χ0n) is 10.9. The molecule has 1 fully saturated rings. The molecule has 8 heteroatoms. The lowest BCUT2D eigenvalue weighted by molar-refractivity contribution is -0.147. The van der Waals surface area contributed by atoms with Crippen LogP contribution in [0.4, 0.5) is 0 Å². The van der Waals surface area contributed by atoms with Gasteiger partial charge in [-0.25, -0.2) is 4.68 Å². The van der Waals surface area contributed by atoms with Gasteiger partial charge in [0.25, 0.3) is 0 Å². The van der Waals surface area contributed by atoms with Crippen LogP contribution in [0.15, 0.2) is 24.4 Å². The molecule has 6 nitrogen and oxygen atoms in total. The van der Waals surface area contributed by atoms with E-state index in [1.807, 2.05) is 4.90 Å². The zero-order chi connectivity index (χ0) is 15.0. The number of likely N-dealkylation sites (tertiary alicyclic amines) is 1. The van der Waals surface area contributed by atoms with E-state index in [0.29, 0.717) is 29.7 Å². The van der Waals surface area contributed by atoms with E-state index in [1.165, 1.54) is 0 Å². The van der Waals surface area contributed by atoms with E-state index < -0.39 is 5.97 Å². The molecule has 1 aromatic carbocycles. The summed E-state index contributed by atoms with van der Waals surface area (Å²) >= 11 is 11.9. The van der Waals surface area contributed by atoms with Crippen LogP contribution in [0.25, 0.3) is 5.69 Å². The molecular formula is C13H12Cl2N4O2. The average molecular weight is 327 g/mol. The zero-order valence-corrected chi connectivity index (χ0v) is 12.4. The Balaban J connectivity index is 1.66. The number of aliphatic carboxylic acids is 1. The second-order valence-corrected chi connectivity index (χ2v) is 5.80. The Kier molecular flexibility index (Phi) is 3.84. The normalized spacial score (nSPS) is 15.9. The van der Waals surface area contributed by atoms with Crippen LogP contribution < -0.4 is 0 Å². The molecule has 0 radical (unpaired) electrons. The van der Waals surface area contributed by atoms with Gasteiger partial charge in [0, 0.05) is 19.6 Å². The first-order valence-electron chi connectivity index (χ1n) is 6.35. The molecule has 0 bridgehead atoms. The van der Waals surface area contributed by atoms with Gasteiger partial charge in [-0.2, -0.15) is 0 Å². The summed E-state index contributed by atoms with van der Waals surface area (Å²) in [6.45, 7) is 1.69. The molecule has 0 unspecified atom stereocenters. The van der Waals surface area contributed by atoms with Gasteiger partial charge in [0.15, 0.2) is 0 Å². The maximum absolute atomic E-state index is 10.7. The van der Waals surface area contributed by atoms with Gasteiger partial charge in [-0.05, 0) is 18.2 Å². The Hall–Kier alpha value is -1.63. The standard InChI is InChI=1S/C13H12Cl2N4O2/c14-11-2-1-10(3-12(11)15)19-7-9(16-17-19)6-18-4-8(5-18)13(20)21/h1-3,7-8H,4-6H2,(H,20,21). The van der Waals surface area contributed by atoms with E-state index in [1.54, 1.807) is 29.1 Å². The molecule has 1 aliphatic rings. The molecule has 21 heavy (non-hydrogen) atoms. The van der Waals surface area contributed by atoms with Crippen LogP contribution in [-0.2, 0) is 11.3 Å². The summed E-state index contributed by atoms with van der Waals surface area (Å²) in [7, 11) is 0. The third-order valence-electron chi connectivity index (χ3n) is 3.40. The molecule has 3 rings (SSSR count). The summed E-state index contributed by atoms with van der Waals surface area (Å²) in [5.74, 6) is -1.01. The van der Waals surface area contributed by atoms with Crippen LogP contribution in [0.2, 0.25) is 10.0 Å². The fourth-order valence-corrected chi connectivity index (χ4v) is 2.50. The molecule has 2 heterocycles. The van der Waals surface area contributed by atoms with Crippen molar-refractivity contribution in [3.63, 3.8) is 0 Å². The molecule has 1 aliphatic heterocycles.